The molecular formula is C7H10ClNO3S2. The van der Waals surface area contributed by atoms with E-state index in [1.165, 1.54) is 12.1 Å². The van der Waals surface area contributed by atoms with Gasteiger partial charge < -0.3 is 10.8 Å². The van der Waals surface area contributed by atoms with Gasteiger partial charge in [-0.3, -0.25) is 0 Å². The van der Waals surface area contributed by atoms with Crippen LogP contribution < -0.4 is 5.73 Å². The molecular weight excluding hydrogens is 246 g/mol. The van der Waals surface area contributed by atoms with Crippen molar-refractivity contribution >= 4 is 32.8 Å². The van der Waals surface area contributed by atoms with Crippen molar-refractivity contribution in [1.29, 1.82) is 0 Å². The molecule has 0 bridgehead atoms. The minimum atomic E-state index is -3.45. The second-order valence-corrected chi connectivity index (χ2v) is 6.71. The Hall–Kier alpha value is -0.140. The maximum Gasteiger partial charge on any atom is 0.190 e. The van der Waals surface area contributed by atoms with Crippen LogP contribution in [0.3, 0.4) is 0 Å². The summed E-state index contributed by atoms with van der Waals surface area (Å²) in [6.07, 6.45) is -1.03. The van der Waals surface area contributed by atoms with Gasteiger partial charge in [-0.2, -0.15) is 0 Å². The second-order valence-electron chi connectivity index (χ2n) is 2.73. The molecule has 0 amide bonds. The zero-order chi connectivity index (χ0) is 10.8. The number of hydrogen-bond acceptors (Lipinski definition) is 5. The smallest absolute Gasteiger partial charge is 0.190 e. The van der Waals surface area contributed by atoms with Gasteiger partial charge in [0.25, 0.3) is 0 Å². The van der Waals surface area contributed by atoms with Crippen molar-refractivity contribution in [3.8, 4) is 0 Å². The molecule has 0 saturated carbocycles. The Bertz CT molecular complexity index is 401. The number of rotatable bonds is 4. The van der Waals surface area contributed by atoms with Gasteiger partial charge in [0.2, 0.25) is 0 Å². The molecule has 7 heteroatoms. The summed E-state index contributed by atoms with van der Waals surface area (Å²) < 4.78 is 23.7. The summed E-state index contributed by atoms with van der Waals surface area (Å²) in [5.41, 5.74) is 5.13. The summed E-state index contributed by atoms with van der Waals surface area (Å²) in [6.45, 7) is -0.0711. The van der Waals surface area contributed by atoms with Gasteiger partial charge in [0, 0.05) is 6.54 Å². The maximum absolute atomic E-state index is 11.6. The summed E-state index contributed by atoms with van der Waals surface area (Å²) in [4.78, 5) is 0. The number of hydrogen-bond donors (Lipinski definition) is 2. The van der Waals surface area contributed by atoms with Gasteiger partial charge in [-0.25, -0.2) is 8.42 Å². The van der Waals surface area contributed by atoms with Crippen LogP contribution in [-0.2, 0) is 9.84 Å². The molecule has 4 nitrogen and oxygen atoms in total. The van der Waals surface area contributed by atoms with E-state index in [1.807, 2.05) is 0 Å². The molecule has 80 valence electrons. The first-order chi connectivity index (χ1) is 6.45. The molecule has 0 aromatic carbocycles. The van der Waals surface area contributed by atoms with Gasteiger partial charge in [0.05, 0.1) is 16.2 Å². The van der Waals surface area contributed by atoms with Gasteiger partial charge in [-0.1, -0.05) is 11.6 Å². The minimum Gasteiger partial charge on any atom is -0.391 e. The molecule has 0 fully saturated rings. The van der Waals surface area contributed by atoms with Gasteiger partial charge in [0.1, 0.15) is 4.21 Å². The largest absolute Gasteiger partial charge is 0.391 e. The van der Waals surface area contributed by atoms with Crippen molar-refractivity contribution in [2.24, 2.45) is 5.73 Å². The summed E-state index contributed by atoms with van der Waals surface area (Å²) in [7, 11) is -3.45. The van der Waals surface area contributed by atoms with E-state index in [1.54, 1.807) is 0 Å². The Kier molecular flexibility index (Phi) is 3.91. The number of sulfone groups is 1. The first kappa shape index (κ1) is 11.9. The molecule has 0 saturated heterocycles. The first-order valence-electron chi connectivity index (χ1n) is 3.82. The Morgan fingerprint density at radius 3 is 2.64 bits per heavy atom. The van der Waals surface area contributed by atoms with Crippen molar-refractivity contribution in [1.82, 2.24) is 0 Å². The Labute approximate surface area is 91.2 Å². The predicted molar refractivity (Wildman–Crippen MR) is 56.4 cm³/mol. The number of halogens is 1. The van der Waals surface area contributed by atoms with E-state index in [0.29, 0.717) is 4.34 Å². The molecule has 1 rings (SSSR count). The van der Waals surface area contributed by atoms with Crippen LogP contribution in [0.25, 0.3) is 0 Å². The Morgan fingerprint density at radius 2 is 2.21 bits per heavy atom. The number of thiophene rings is 1. The molecule has 1 heterocycles. The van der Waals surface area contributed by atoms with Crippen LogP contribution in [0.15, 0.2) is 16.3 Å². The molecule has 14 heavy (non-hydrogen) atoms. The van der Waals surface area contributed by atoms with Crippen LogP contribution in [0, 0.1) is 0 Å². The Morgan fingerprint density at radius 1 is 1.57 bits per heavy atom. The predicted octanol–water partition coefficient (Wildman–Crippen LogP) is 0.495. The van der Waals surface area contributed by atoms with E-state index in [0.717, 1.165) is 11.3 Å². The topological polar surface area (TPSA) is 80.4 Å². The molecule has 0 aliphatic heterocycles. The SMILES string of the molecule is NCC(O)CS(=O)(=O)c1ccc(Cl)s1. The number of aliphatic hydroxyl groups is 1. The van der Waals surface area contributed by atoms with Crippen LogP contribution in [0.5, 0.6) is 0 Å². The van der Waals surface area contributed by atoms with Crippen LogP contribution in [0.2, 0.25) is 4.34 Å². The standard InChI is InChI=1S/C7H10ClNO3S2/c8-6-1-2-7(13-6)14(11,12)4-5(10)3-9/h1-2,5,10H,3-4,9H2. The lowest BCUT2D eigenvalue weighted by atomic mass is 10.4. The molecule has 1 aromatic rings. The van der Waals surface area contributed by atoms with E-state index in [4.69, 9.17) is 22.4 Å². The van der Waals surface area contributed by atoms with Gasteiger partial charge in [-0.15, -0.1) is 11.3 Å². The second kappa shape index (κ2) is 4.59. The third kappa shape index (κ3) is 2.93. The van der Waals surface area contributed by atoms with Crippen molar-refractivity contribution < 1.29 is 13.5 Å². The Balaban J connectivity index is 2.86. The first-order valence-corrected chi connectivity index (χ1v) is 6.66. The van der Waals surface area contributed by atoms with E-state index in [-0.39, 0.29) is 16.5 Å². The highest BCUT2D eigenvalue weighted by atomic mass is 35.5. The van der Waals surface area contributed by atoms with Crippen LogP contribution >= 0.6 is 22.9 Å². The quantitative estimate of drug-likeness (QED) is 0.821. The van der Waals surface area contributed by atoms with Gasteiger partial charge in [0.15, 0.2) is 9.84 Å². The molecule has 1 unspecified atom stereocenters. The zero-order valence-corrected chi connectivity index (χ0v) is 9.57. The van der Waals surface area contributed by atoms with Crippen LogP contribution in [0.4, 0.5) is 0 Å². The summed E-state index contributed by atoms with van der Waals surface area (Å²) in [5, 5.41) is 9.13. The number of aliphatic hydroxyl groups excluding tert-OH is 1. The van der Waals surface area contributed by atoms with Crippen molar-refractivity contribution in [3.05, 3.63) is 16.5 Å². The van der Waals surface area contributed by atoms with Crippen LogP contribution in [-0.4, -0.2) is 31.9 Å². The average molecular weight is 256 g/mol. The lowest BCUT2D eigenvalue weighted by molar-refractivity contribution is 0.205. The van der Waals surface area contributed by atoms with Crippen LogP contribution in [0.1, 0.15) is 0 Å². The highest BCUT2D eigenvalue weighted by Crippen LogP contribution is 2.26. The fourth-order valence-electron chi connectivity index (χ4n) is 0.868. The molecule has 0 aliphatic rings. The third-order valence-electron chi connectivity index (χ3n) is 1.54. The maximum atomic E-state index is 11.6. The highest BCUT2D eigenvalue weighted by molar-refractivity contribution is 7.93. The van der Waals surface area contributed by atoms with E-state index < -0.39 is 15.9 Å². The zero-order valence-electron chi connectivity index (χ0n) is 7.18. The molecule has 0 spiro atoms. The normalized spacial score (nSPS) is 14.2. The lowest BCUT2D eigenvalue weighted by Crippen LogP contribution is -2.28. The van der Waals surface area contributed by atoms with E-state index in [2.05, 4.69) is 0 Å². The molecule has 1 aromatic heterocycles. The monoisotopic (exact) mass is 255 g/mol. The molecule has 3 N–H and O–H groups in total. The van der Waals surface area contributed by atoms with E-state index in [9.17, 15) is 8.42 Å². The van der Waals surface area contributed by atoms with Crippen molar-refractivity contribution in [3.63, 3.8) is 0 Å². The third-order valence-corrected chi connectivity index (χ3v) is 5.15. The molecule has 0 aliphatic carbocycles. The molecule has 0 radical (unpaired) electrons. The molecule has 1 atom stereocenters. The lowest BCUT2D eigenvalue weighted by Gasteiger charge is -2.06. The highest BCUT2D eigenvalue weighted by Gasteiger charge is 2.20. The van der Waals surface area contributed by atoms with E-state index >= 15 is 0 Å². The van der Waals surface area contributed by atoms with Crippen molar-refractivity contribution in [2.75, 3.05) is 12.3 Å². The van der Waals surface area contributed by atoms with Gasteiger partial charge in [-0.05, 0) is 12.1 Å². The fourth-order valence-corrected chi connectivity index (χ4v) is 3.85. The minimum absolute atomic E-state index is 0.0711. The average Bonchev–Trinajstić information content (AvgIpc) is 2.51. The van der Waals surface area contributed by atoms with Gasteiger partial charge >= 0.3 is 0 Å². The summed E-state index contributed by atoms with van der Waals surface area (Å²) in [5.74, 6) is -0.361. The summed E-state index contributed by atoms with van der Waals surface area (Å²) in [6, 6.07) is 2.93. The summed E-state index contributed by atoms with van der Waals surface area (Å²) >= 11 is 6.58. The number of nitrogens with two attached hydrogens (primary N) is 1. The fraction of sp³-hybridized carbons (Fsp3) is 0.429. The van der Waals surface area contributed by atoms with Crippen molar-refractivity contribution in [2.45, 2.75) is 10.3 Å².